The number of rotatable bonds is 6. The molecule has 12 heteroatoms. The highest BCUT2D eigenvalue weighted by Crippen LogP contribution is 2.23. The second kappa shape index (κ2) is 8.77. The van der Waals surface area contributed by atoms with E-state index in [9.17, 15) is 18.0 Å². The number of nitrogens with zero attached hydrogens (tertiary/aromatic N) is 2. The van der Waals surface area contributed by atoms with Gasteiger partial charge in [0.1, 0.15) is 4.90 Å². The van der Waals surface area contributed by atoms with Crippen LogP contribution in [-0.4, -0.2) is 44.0 Å². The number of amides is 3. The Morgan fingerprint density at radius 2 is 2.00 bits per heavy atom. The fourth-order valence-corrected chi connectivity index (χ4v) is 3.83. The number of hydrogen-bond acceptors (Lipinski definition) is 7. The number of nitrogens with one attached hydrogen (secondary N) is 3. The Labute approximate surface area is 163 Å². The van der Waals surface area contributed by atoms with Crippen LogP contribution in [-0.2, 0) is 10.0 Å². The minimum absolute atomic E-state index is 0.136. The van der Waals surface area contributed by atoms with Crippen LogP contribution in [0.2, 0.25) is 0 Å². The molecule has 0 unspecified atom stereocenters. The van der Waals surface area contributed by atoms with Gasteiger partial charge in [-0.25, -0.2) is 22.9 Å². The molecule has 2 rings (SSSR count). The molecule has 0 fully saturated rings. The van der Waals surface area contributed by atoms with E-state index in [4.69, 9.17) is 4.74 Å². The van der Waals surface area contributed by atoms with Gasteiger partial charge >= 0.3 is 6.03 Å². The molecule has 0 bridgehead atoms. The van der Waals surface area contributed by atoms with Crippen molar-refractivity contribution in [1.82, 2.24) is 20.0 Å². The summed E-state index contributed by atoms with van der Waals surface area (Å²) in [5.41, 5.74) is 0.136. The van der Waals surface area contributed by atoms with Gasteiger partial charge in [0.05, 0.1) is 7.11 Å². The second-order valence-corrected chi connectivity index (χ2v) is 7.49. The number of aromatic nitrogens is 2. The van der Waals surface area contributed by atoms with Crippen molar-refractivity contribution in [3.8, 4) is 5.88 Å². The Balaban J connectivity index is 2.21. The number of sulfonamides is 1. The number of methoxy groups -OCH3 is 1. The lowest BCUT2D eigenvalue weighted by Crippen LogP contribution is -2.35. The summed E-state index contributed by atoms with van der Waals surface area (Å²) in [7, 11) is -2.89. The summed E-state index contributed by atoms with van der Waals surface area (Å²) in [5.74, 6) is -0.381. The quantitative estimate of drug-likeness (QED) is 0.596. The van der Waals surface area contributed by atoms with Crippen molar-refractivity contribution >= 4 is 43.8 Å². The Bertz CT molecular complexity index is 967. The van der Waals surface area contributed by atoms with Gasteiger partial charge in [0, 0.05) is 28.8 Å². The van der Waals surface area contributed by atoms with Gasteiger partial charge in [-0.05, 0) is 41.1 Å². The predicted molar refractivity (Wildman–Crippen MR) is 100 cm³/mol. The molecule has 3 N–H and O–H groups in total. The zero-order chi connectivity index (χ0) is 20.0. The van der Waals surface area contributed by atoms with Crippen molar-refractivity contribution in [3.63, 3.8) is 0 Å². The van der Waals surface area contributed by atoms with Crippen LogP contribution in [0.1, 0.15) is 17.3 Å². The summed E-state index contributed by atoms with van der Waals surface area (Å²) in [4.78, 5) is 31.3. The van der Waals surface area contributed by atoms with Crippen LogP contribution < -0.4 is 20.1 Å². The highest BCUT2D eigenvalue weighted by atomic mass is 79.9. The molecule has 2 aromatic rings. The molecule has 3 amide bonds. The minimum atomic E-state index is -4.27. The fraction of sp³-hybridized carbons (Fsp3) is 0.200. The second-order valence-electron chi connectivity index (χ2n) is 4.99. The summed E-state index contributed by atoms with van der Waals surface area (Å²) in [5, 5.41) is 4.76. The molecule has 0 atom stereocenters. The van der Waals surface area contributed by atoms with Gasteiger partial charge in [-0.3, -0.25) is 10.1 Å². The van der Waals surface area contributed by atoms with Crippen molar-refractivity contribution in [2.75, 3.05) is 19.0 Å². The SMILES string of the molecule is CCNC(=O)c1ccc(Br)c(S(=O)(=O)NC(=O)Nc2nccc(OC)n2)c1. The van der Waals surface area contributed by atoms with E-state index in [0.29, 0.717) is 6.54 Å². The van der Waals surface area contributed by atoms with Crippen LogP contribution in [0.5, 0.6) is 5.88 Å². The Morgan fingerprint density at radius 1 is 1.26 bits per heavy atom. The summed E-state index contributed by atoms with van der Waals surface area (Å²) >= 11 is 3.11. The normalized spacial score (nSPS) is 10.8. The maximum Gasteiger partial charge on any atom is 0.335 e. The number of anilines is 1. The zero-order valence-corrected chi connectivity index (χ0v) is 16.7. The van der Waals surface area contributed by atoms with Crippen LogP contribution >= 0.6 is 15.9 Å². The monoisotopic (exact) mass is 457 g/mol. The van der Waals surface area contributed by atoms with E-state index in [1.807, 2.05) is 4.72 Å². The van der Waals surface area contributed by atoms with Crippen LogP contribution in [0.4, 0.5) is 10.7 Å². The predicted octanol–water partition coefficient (Wildman–Crippen LogP) is 1.51. The number of urea groups is 1. The van der Waals surface area contributed by atoms with E-state index in [1.54, 1.807) is 6.92 Å². The maximum absolute atomic E-state index is 12.5. The standard InChI is InChI=1S/C15H16BrN5O5S/c1-3-17-13(22)9-4-5-10(16)11(8-9)27(24,25)21-15(23)20-14-18-7-6-12(19-14)26-2/h4-8H,3H2,1-2H3,(H,17,22)(H2,18,19,20,21,23). The van der Waals surface area contributed by atoms with E-state index in [1.165, 1.54) is 31.5 Å². The average molecular weight is 458 g/mol. The third-order valence-corrected chi connectivity index (χ3v) is 5.44. The molecule has 0 aliphatic carbocycles. The number of benzene rings is 1. The summed E-state index contributed by atoms with van der Waals surface area (Å²) in [6.07, 6.45) is 1.34. The molecule has 0 aliphatic heterocycles. The van der Waals surface area contributed by atoms with E-state index >= 15 is 0 Å². The van der Waals surface area contributed by atoms with Crippen LogP contribution in [0, 0.1) is 0 Å². The number of carbonyl (C=O) groups excluding carboxylic acids is 2. The Hall–Kier alpha value is -2.73. The highest BCUT2D eigenvalue weighted by molar-refractivity contribution is 9.10. The molecule has 1 aromatic carbocycles. The first-order valence-electron chi connectivity index (χ1n) is 7.55. The molecule has 1 heterocycles. The number of halogens is 1. The molecule has 1 aromatic heterocycles. The zero-order valence-electron chi connectivity index (χ0n) is 14.3. The van der Waals surface area contributed by atoms with Gasteiger partial charge in [0.2, 0.25) is 11.8 Å². The number of hydrogen-bond donors (Lipinski definition) is 3. The van der Waals surface area contributed by atoms with Gasteiger partial charge in [0.15, 0.2) is 0 Å². The van der Waals surface area contributed by atoms with Crippen molar-refractivity contribution in [2.24, 2.45) is 0 Å². The molecule has 0 aliphatic rings. The first kappa shape index (κ1) is 20.6. The smallest absolute Gasteiger partial charge is 0.335 e. The highest BCUT2D eigenvalue weighted by Gasteiger charge is 2.22. The molecule has 0 saturated heterocycles. The number of ether oxygens (including phenoxy) is 1. The molecular formula is C15H16BrN5O5S. The lowest BCUT2D eigenvalue weighted by molar-refractivity contribution is 0.0955. The summed E-state index contributed by atoms with van der Waals surface area (Å²) in [6.45, 7) is 2.12. The van der Waals surface area contributed by atoms with E-state index in [2.05, 4.69) is 36.5 Å². The van der Waals surface area contributed by atoms with Crippen molar-refractivity contribution < 1.29 is 22.7 Å². The molecule has 27 heavy (non-hydrogen) atoms. The summed E-state index contributed by atoms with van der Waals surface area (Å²) in [6, 6.07) is 4.41. The topological polar surface area (TPSA) is 139 Å². The van der Waals surface area contributed by atoms with E-state index in [0.717, 1.165) is 6.07 Å². The average Bonchev–Trinajstić information content (AvgIpc) is 2.61. The Morgan fingerprint density at radius 3 is 2.67 bits per heavy atom. The largest absolute Gasteiger partial charge is 0.481 e. The fourth-order valence-electron chi connectivity index (χ4n) is 1.93. The lowest BCUT2D eigenvalue weighted by atomic mass is 10.2. The van der Waals surface area contributed by atoms with Gasteiger partial charge in [0.25, 0.3) is 15.9 Å². The first-order valence-corrected chi connectivity index (χ1v) is 9.83. The first-order chi connectivity index (χ1) is 12.8. The molecule has 0 spiro atoms. The van der Waals surface area contributed by atoms with Gasteiger partial charge in [-0.1, -0.05) is 0 Å². The lowest BCUT2D eigenvalue weighted by Gasteiger charge is -2.11. The molecule has 10 nitrogen and oxygen atoms in total. The van der Waals surface area contributed by atoms with Crippen LogP contribution in [0.3, 0.4) is 0 Å². The van der Waals surface area contributed by atoms with Crippen molar-refractivity contribution in [3.05, 3.63) is 40.5 Å². The maximum atomic E-state index is 12.5. The van der Waals surface area contributed by atoms with Gasteiger partial charge in [-0.2, -0.15) is 4.98 Å². The number of carbonyl (C=O) groups is 2. The van der Waals surface area contributed by atoms with Crippen LogP contribution in [0.25, 0.3) is 0 Å². The summed E-state index contributed by atoms with van der Waals surface area (Å²) < 4.78 is 31.9. The van der Waals surface area contributed by atoms with Gasteiger partial charge in [-0.15, -0.1) is 0 Å². The molecule has 144 valence electrons. The molecule has 0 saturated carbocycles. The van der Waals surface area contributed by atoms with E-state index < -0.39 is 22.0 Å². The molecular weight excluding hydrogens is 442 g/mol. The van der Waals surface area contributed by atoms with Crippen molar-refractivity contribution in [1.29, 1.82) is 0 Å². The Kier molecular flexibility index (Phi) is 6.69. The van der Waals surface area contributed by atoms with Crippen molar-refractivity contribution in [2.45, 2.75) is 11.8 Å². The van der Waals surface area contributed by atoms with Gasteiger partial charge < -0.3 is 10.1 Å². The van der Waals surface area contributed by atoms with E-state index in [-0.39, 0.29) is 26.8 Å². The van der Waals surface area contributed by atoms with Crippen LogP contribution in [0.15, 0.2) is 39.8 Å². The molecule has 0 radical (unpaired) electrons. The minimum Gasteiger partial charge on any atom is -0.481 e. The third kappa shape index (κ3) is 5.37. The third-order valence-electron chi connectivity index (χ3n) is 3.11.